The number of nitrogens with one attached hydrogen (secondary N) is 2. The average molecular weight is 269 g/mol. The first kappa shape index (κ1) is 11.7. The summed E-state index contributed by atoms with van der Waals surface area (Å²) in [6, 6.07) is 17.2. The zero-order chi connectivity index (χ0) is 13.1. The Bertz CT molecular complexity index is 821. The van der Waals surface area contributed by atoms with Gasteiger partial charge in [0.15, 0.2) is 0 Å². The summed E-state index contributed by atoms with van der Waals surface area (Å²) in [6.07, 6.45) is 0. The molecule has 0 unspecified atom stereocenters. The molecular formula is C14H11N3OS. The van der Waals surface area contributed by atoms with E-state index in [1.54, 1.807) is 0 Å². The molecule has 0 fully saturated rings. The van der Waals surface area contributed by atoms with E-state index >= 15 is 0 Å². The third-order valence-corrected chi connectivity index (χ3v) is 3.64. The van der Waals surface area contributed by atoms with E-state index < -0.39 is 0 Å². The van der Waals surface area contributed by atoms with Gasteiger partial charge < -0.3 is 4.98 Å². The minimum Gasteiger partial charge on any atom is -0.319 e. The maximum absolute atomic E-state index is 11.9. The van der Waals surface area contributed by atoms with Crippen LogP contribution < -0.4 is 15.7 Å². The third kappa shape index (κ3) is 2.56. The van der Waals surface area contributed by atoms with Crippen LogP contribution in [0.3, 0.4) is 0 Å². The van der Waals surface area contributed by atoms with Gasteiger partial charge in [-0.25, -0.2) is 0 Å². The zero-order valence-corrected chi connectivity index (χ0v) is 10.8. The van der Waals surface area contributed by atoms with Gasteiger partial charge in [-0.15, -0.1) is 11.3 Å². The van der Waals surface area contributed by atoms with Crippen LogP contribution in [-0.4, -0.2) is 4.98 Å². The Morgan fingerprint density at radius 2 is 1.74 bits per heavy atom. The summed E-state index contributed by atoms with van der Waals surface area (Å²) in [5.41, 5.74) is 4.37. The number of anilines is 1. The van der Waals surface area contributed by atoms with E-state index in [0.717, 1.165) is 15.9 Å². The molecule has 0 aliphatic rings. The SMILES string of the molecule is O=c1[nH]c2ccccc2s/c1=N\Nc1ccccc1. The van der Waals surface area contributed by atoms with Gasteiger partial charge in [-0.2, -0.15) is 5.10 Å². The van der Waals surface area contributed by atoms with Crippen molar-refractivity contribution in [2.45, 2.75) is 0 Å². The first-order chi connectivity index (χ1) is 9.33. The lowest BCUT2D eigenvalue weighted by atomic mass is 10.3. The molecule has 0 bridgehead atoms. The molecule has 1 heterocycles. The third-order valence-electron chi connectivity index (χ3n) is 2.60. The standard InChI is InChI=1S/C14H11N3OS/c18-13-14(17-16-10-6-2-1-3-7-10)19-12-9-5-4-8-11(12)15-13/h1-9,16H,(H,15,18)/b17-14-. The molecule has 1 aromatic heterocycles. The molecule has 0 aliphatic heterocycles. The highest BCUT2D eigenvalue weighted by molar-refractivity contribution is 7.16. The van der Waals surface area contributed by atoms with Gasteiger partial charge in [-0.3, -0.25) is 10.2 Å². The maximum atomic E-state index is 11.9. The highest BCUT2D eigenvalue weighted by Crippen LogP contribution is 2.10. The summed E-state index contributed by atoms with van der Waals surface area (Å²) in [5, 5.41) is 4.15. The second-order valence-corrected chi connectivity index (χ2v) is 4.98. The average Bonchev–Trinajstić information content (AvgIpc) is 2.46. The number of para-hydroxylation sites is 2. The van der Waals surface area contributed by atoms with Crippen molar-refractivity contribution in [2.24, 2.45) is 5.10 Å². The minimum absolute atomic E-state index is 0.188. The molecule has 19 heavy (non-hydrogen) atoms. The van der Waals surface area contributed by atoms with Crippen LogP contribution in [-0.2, 0) is 0 Å². The van der Waals surface area contributed by atoms with Crippen molar-refractivity contribution in [1.82, 2.24) is 4.98 Å². The van der Waals surface area contributed by atoms with E-state index in [9.17, 15) is 4.79 Å². The van der Waals surface area contributed by atoms with Gasteiger partial charge >= 0.3 is 0 Å². The number of hydrogen-bond donors (Lipinski definition) is 2. The Kier molecular flexibility index (Phi) is 3.12. The van der Waals surface area contributed by atoms with Gasteiger partial charge in [0.1, 0.15) is 0 Å². The van der Waals surface area contributed by atoms with Crippen LogP contribution in [0.15, 0.2) is 64.5 Å². The molecule has 4 nitrogen and oxygen atoms in total. The summed E-state index contributed by atoms with van der Waals surface area (Å²) in [5.74, 6) is 0. The number of aromatic nitrogens is 1. The Hall–Kier alpha value is -2.40. The maximum Gasteiger partial charge on any atom is 0.286 e. The van der Waals surface area contributed by atoms with Gasteiger partial charge in [-0.1, -0.05) is 30.3 Å². The highest BCUT2D eigenvalue weighted by atomic mass is 32.1. The molecule has 0 amide bonds. The van der Waals surface area contributed by atoms with Crippen molar-refractivity contribution in [3.05, 3.63) is 69.6 Å². The molecule has 2 aromatic carbocycles. The van der Waals surface area contributed by atoms with E-state index in [-0.39, 0.29) is 5.56 Å². The zero-order valence-electron chi connectivity index (χ0n) is 9.96. The minimum atomic E-state index is -0.188. The number of hydrogen-bond acceptors (Lipinski definition) is 4. The van der Waals surface area contributed by atoms with E-state index in [1.165, 1.54) is 11.3 Å². The molecule has 0 radical (unpaired) electrons. The van der Waals surface area contributed by atoms with Gasteiger partial charge in [0.25, 0.3) is 5.56 Å². The summed E-state index contributed by atoms with van der Waals surface area (Å²) in [4.78, 5) is 14.7. The topological polar surface area (TPSA) is 57.2 Å². The van der Waals surface area contributed by atoms with Crippen molar-refractivity contribution >= 4 is 27.2 Å². The van der Waals surface area contributed by atoms with Crippen LogP contribution in [0.5, 0.6) is 0 Å². The van der Waals surface area contributed by atoms with Gasteiger partial charge in [-0.05, 0) is 24.3 Å². The molecule has 0 atom stereocenters. The molecule has 0 saturated carbocycles. The molecule has 2 N–H and O–H groups in total. The van der Waals surface area contributed by atoms with Gasteiger partial charge in [0.05, 0.1) is 15.9 Å². The summed E-state index contributed by atoms with van der Waals surface area (Å²) < 4.78 is 1.40. The second-order valence-electron chi connectivity index (χ2n) is 3.95. The van der Waals surface area contributed by atoms with Crippen molar-refractivity contribution < 1.29 is 0 Å². The lowest BCUT2D eigenvalue weighted by molar-refractivity contribution is 1.18. The van der Waals surface area contributed by atoms with Crippen molar-refractivity contribution in [3.8, 4) is 0 Å². The van der Waals surface area contributed by atoms with Crippen molar-refractivity contribution in [2.75, 3.05) is 5.43 Å². The lowest BCUT2D eigenvalue weighted by Crippen LogP contribution is -2.25. The Morgan fingerprint density at radius 1 is 1.00 bits per heavy atom. The van der Waals surface area contributed by atoms with Crippen LogP contribution in [0.4, 0.5) is 5.69 Å². The molecule has 5 heteroatoms. The summed E-state index contributed by atoms with van der Waals surface area (Å²) in [7, 11) is 0. The first-order valence-electron chi connectivity index (χ1n) is 5.80. The Morgan fingerprint density at radius 3 is 2.58 bits per heavy atom. The van der Waals surface area contributed by atoms with E-state index in [0.29, 0.717) is 4.67 Å². The van der Waals surface area contributed by atoms with Gasteiger partial charge in [0, 0.05) is 0 Å². The molecule has 0 aliphatic carbocycles. The monoisotopic (exact) mass is 269 g/mol. The highest BCUT2D eigenvalue weighted by Gasteiger charge is 1.97. The van der Waals surface area contributed by atoms with E-state index in [1.807, 2.05) is 54.6 Å². The quantitative estimate of drug-likeness (QED) is 0.702. The van der Waals surface area contributed by atoms with Crippen molar-refractivity contribution in [3.63, 3.8) is 0 Å². The van der Waals surface area contributed by atoms with Crippen LogP contribution in [0.1, 0.15) is 0 Å². The van der Waals surface area contributed by atoms with Crippen LogP contribution in [0.2, 0.25) is 0 Å². The summed E-state index contributed by atoms with van der Waals surface area (Å²) in [6.45, 7) is 0. The van der Waals surface area contributed by atoms with E-state index in [4.69, 9.17) is 0 Å². The van der Waals surface area contributed by atoms with Crippen LogP contribution in [0, 0.1) is 0 Å². The number of aromatic amines is 1. The van der Waals surface area contributed by atoms with E-state index in [2.05, 4.69) is 15.5 Å². The smallest absolute Gasteiger partial charge is 0.286 e. The molecule has 94 valence electrons. The summed E-state index contributed by atoms with van der Waals surface area (Å²) >= 11 is 1.36. The second kappa shape index (κ2) is 5.07. The Labute approximate surface area is 113 Å². The predicted molar refractivity (Wildman–Crippen MR) is 78.1 cm³/mol. The molecular weight excluding hydrogens is 258 g/mol. The van der Waals surface area contributed by atoms with Crippen LogP contribution in [0.25, 0.3) is 10.2 Å². The molecule has 0 saturated heterocycles. The fraction of sp³-hybridized carbons (Fsp3) is 0. The Balaban J connectivity index is 2.05. The number of nitrogens with zero attached hydrogens (tertiary/aromatic N) is 1. The lowest BCUT2D eigenvalue weighted by Gasteiger charge is -1.98. The first-order valence-corrected chi connectivity index (χ1v) is 6.61. The number of fused-ring (bicyclic) bond motifs is 1. The molecule has 0 spiro atoms. The largest absolute Gasteiger partial charge is 0.319 e. The fourth-order valence-corrected chi connectivity index (χ4v) is 2.51. The van der Waals surface area contributed by atoms with Gasteiger partial charge in [0.2, 0.25) is 4.67 Å². The fourth-order valence-electron chi connectivity index (χ4n) is 1.69. The van der Waals surface area contributed by atoms with Crippen molar-refractivity contribution in [1.29, 1.82) is 0 Å². The number of benzene rings is 2. The number of rotatable bonds is 2. The molecule has 3 aromatic rings. The normalized spacial score (nSPS) is 11.7. The predicted octanol–water partition coefficient (Wildman–Crippen LogP) is 2.52. The number of H-pyrrole nitrogens is 1. The molecule has 3 rings (SSSR count). The van der Waals surface area contributed by atoms with Crippen LogP contribution >= 0.6 is 11.3 Å².